The summed E-state index contributed by atoms with van der Waals surface area (Å²) in [5.74, 6) is 0.935. The monoisotopic (exact) mass is 443 g/mol. The Kier molecular flexibility index (Phi) is 6.65. The molecule has 0 N–H and O–H groups in total. The zero-order valence-electron chi connectivity index (χ0n) is 18.7. The van der Waals surface area contributed by atoms with Gasteiger partial charge in [0, 0.05) is 32.4 Å². The number of hydrogen-bond acceptors (Lipinski definition) is 5. The van der Waals surface area contributed by atoms with E-state index in [1.807, 2.05) is 53.4 Å². The predicted octanol–water partition coefficient (Wildman–Crippen LogP) is 3.31. The Bertz CT molecular complexity index is 1060. The van der Waals surface area contributed by atoms with E-state index in [0.29, 0.717) is 6.61 Å². The van der Waals surface area contributed by atoms with Gasteiger partial charge >= 0.3 is 0 Å². The molecule has 2 saturated heterocycles. The van der Waals surface area contributed by atoms with Crippen LogP contribution in [0.2, 0.25) is 0 Å². The Hall–Kier alpha value is -3.22. The molecule has 6 nitrogen and oxygen atoms in total. The molecule has 2 aliphatic rings. The van der Waals surface area contributed by atoms with Crippen molar-refractivity contribution in [1.29, 1.82) is 0 Å². The summed E-state index contributed by atoms with van der Waals surface area (Å²) in [4.78, 5) is 21.3. The molecule has 33 heavy (non-hydrogen) atoms. The van der Waals surface area contributed by atoms with Crippen molar-refractivity contribution in [2.45, 2.75) is 31.7 Å². The first-order chi connectivity index (χ1) is 16.2. The molecule has 3 heterocycles. The molecule has 1 aromatic heterocycles. The van der Waals surface area contributed by atoms with Gasteiger partial charge in [-0.05, 0) is 41.8 Å². The highest BCUT2D eigenvalue weighted by atomic mass is 16.5. The van der Waals surface area contributed by atoms with Crippen molar-refractivity contribution >= 4 is 5.91 Å². The number of likely N-dealkylation sites (tertiary alicyclic amines) is 1. The highest BCUT2D eigenvalue weighted by Crippen LogP contribution is 2.26. The standard InChI is InChI=1S/C27H29N3O3/c31-27-20-33-26-18-29(17-25(26)30(27)14-12-21-7-2-1-3-8-21)16-22-9-6-11-24(15-22)32-19-23-10-4-5-13-28-23/h1-11,13,15,25-26H,12,14,16-20H2/t25-,26-/m0/s1. The van der Waals surface area contributed by atoms with Crippen molar-refractivity contribution in [3.05, 3.63) is 95.8 Å². The van der Waals surface area contributed by atoms with Crippen LogP contribution in [0.15, 0.2) is 79.0 Å². The van der Waals surface area contributed by atoms with Gasteiger partial charge in [-0.2, -0.15) is 0 Å². The Morgan fingerprint density at radius 2 is 1.82 bits per heavy atom. The molecule has 3 aromatic rings. The van der Waals surface area contributed by atoms with Gasteiger partial charge < -0.3 is 14.4 Å². The number of hydrogen-bond donors (Lipinski definition) is 0. The van der Waals surface area contributed by atoms with Crippen molar-refractivity contribution in [3.63, 3.8) is 0 Å². The number of ether oxygens (including phenoxy) is 2. The van der Waals surface area contributed by atoms with Gasteiger partial charge in [-0.25, -0.2) is 0 Å². The second kappa shape index (κ2) is 10.1. The van der Waals surface area contributed by atoms with Crippen LogP contribution in [-0.4, -0.2) is 59.1 Å². The molecule has 0 bridgehead atoms. The van der Waals surface area contributed by atoms with E-state index in [1.165, 1.54) is 11.1 Å². The maximum Gasteiger partial charge on any atom is 0.248 e. The molecule has 5 rings (SSSR count). The van der Waals surface area contributed by atoms with E-state index in [9.17, 15) is 4.79 Å². The van der Waals surface area contributed by atoms with E-state index in [2.05, 4.69) is 34.1 Å². The van der Waals surface area contributed by atoms with Crippen LogP contribution in [0.5, 0.6) is 5.75 Å². The number of carbonyl (C=O) groups is 1. The summed E-state index contributed by atoms with van der Waals surface area (Å²) < 4.78 is 11.8. The predicted molar refractivity (Wildman–Crippen MR) is 126 cm³/mol. The minimum Gasteiger partial charge on any atom is -0.487 e. The second-order valence-electron chi connectivity index (χ2n) is 8.69. The topological polar surface area (TPSA) is 54.9 Å². The van der Waals surface area contributed by atoms with Crippen LogP contribution < -0.4 is 4.74 Å². The average Bonchev–Trinajstić information content (AvgIpc) is 3.26. The third kappa shape index (κ3) is 5.41. The van der Waals surface area contributed by atoms with Crippen molar-refractivity contribution in [2.75, 3.05) is 26.2 Å². The van der Waals surface area contributed by atoms with Crippen molar-refractivity contribution in [2.24, 2.45) is 0 Å². The highest BCUT2D eigenvalue weighted by Gasteiger charge is 2.42. The summed E-state index contributed by atoms with van der Waals surface area (Å²) in [6, 6.07) is 24.5. The van der Waals surface area contributed by atoms with E-state index in [0.717, 1.165) is 44.0 Å². The quantitative estimate of drug-likeness (QED) is 0.535. The molecule has 6 heteroatoms. The van der Waals surface area contributed by atoms with Gasteiger partial charge in [0.25, 0.3) is 0 Å². The zero-order valence-corrected chi connectivity index (χ0v) is 18.7. The van der Waals surface area contributed by atoms with Crippen LogP contribution >= 0.6 is 0 Å². The van der Waals surface area contributed by atoms with E-state index >= 15 is 0 Å². The minimum atomic E-state index is 0.0714. The van der Waals surface area contributed by atoms with Crippen molar-refractivity contribution < 1.29 is 14.3 Å². The Morgan fingerprint density at radius 3 is 2.67 bits per heavy atom. The molecule has 0 spiro atoms. The molecular formula is C27H29N3O3. The van der Waals surface area contributed by atoms with Gasteiger partial charge in [-0.1, -0.05) is 48.5 Å². The summed E-state index contributed by atoms with van der Waals surface area (Å²) in [5, 5.41) is 0. The molecule has 170 valence electrons. The van der Waals surface area contributed by atoms with Gasteiger partial charge in [-0.15, -0.1) is 0 Å². The first kappa shape index (κ1) is 21.6. The Morgan fingerprint density at radius 1 is 0.970 bits per heavy atom. The fraction of sp³-hybridized carbons (Fsp3) is 0.333. The van der Waals surface area contributed by atoms with E-state index in [4.69, 9.17) is 9.47 Å². The van der Waals surface area contributed by atoms with Gasteiger partial charge in [0.15, 0.2) is 0 Å². The lowest BCUT2D eigenvalue weighted by Crippen LogP contribution is -2.54. The number of aromatic nitrogens is 1. The molecular weight excluding hydrogens is 414 g/mol. The number of morpholine rings is 1. The molecule has 2 atom stereocenters. The minimum absolute atomic E-state index is 0.0714. The summed E-state index contributed by atoms with van der Waals surface area (Å²) in [6.45, 7) is 3.82. The first-order valence-electron chi connectivity index (χ1n) is 11.5. The van der Waals surface area contributed by atoms with Crippen LogP contribution in [0, 0.1) is 0 Å². The molecule has 0 unspecified atom stereocenters. The molecule has 0 saturated carbocycles. The molecule has 1 amide bonds. The maximum atomic E-state index is 12.6. The number of rotatable bonds is 8. The lowest BCUT2D eigenvalue weighted by molar-refractivity contribution is -0.152. The van der Waals surface area contributed by atoms with Crippen LogP contribution in [0.25, 0.3) is 0 Å². The Balaban J connectivity index is 1.19. The molecule has 2 aromatic carbocycles. The molecule has 0 aliphatic carbocycles. The van der Waals surface area contributed by atoms with Crippen molar-refractivity contribution in [3.8, 4) is 5.75 Å². The largest absolute Gasteiger partial charge is 0.487 e. The smallest absolute Gasteiger partial charge is 0.248 e. The third-order valence-electron chi connectivity index (χ3n) is 6.36. The van der Waals surface area contributed by atoms with Crippen LogP contribution in [0.1, 0.15) is 16.8 Å². The number of amides is 1. The summed E-state index contributed by atoms with van der Waals surface area (Å²) in [6.07, 6.45) is 2.71. The van der Waals surface area contributed by atoms with Gasteiger partial charge in [0.2, 0.25) is 5.91 Å². The summed E-state index contributed by atoms with van der Waals surface area (Å²) in [7, 11) is 0. The second-order valence-corrected chi connectivity index (χ2v) is 8.69. The SMILES string of the molecule is O=C1CO[C@H]2CN(Cc3cccc(OCc4ccccn4)c3)C[C@@H]2N1CCc1ccccc1. The zero-order chi connectivity index (χ0) is 22.5. The fourth-order valence-corrected chi connectivity index (χ4v) is 4.69. The Labute approximate surface area is 194 Å². The lowest BCUT2D eigenvalue weighted by Gasteiger charge is -2.36. The van der Waals surface area contributed by atoms with Gasteiger partial charge in [0.05, 0.1) is 17.8 Å². The number of fused-ring (bicyclic) bond motifs is 1. The fourth-order valence-electron chi connectivity index (χ4n) is 4.69. The third-order valence-corrected chi connectivity index (χ3v) is 6.36. The van der Waals surface area contributed by atoms with Crippen LogP contribution in [0.3, 0.4) is 0 Å². The van der Waals surface area contributed by atoms with E-state index in [1.54, 1.807) is 6.20 Å². The molecule has 2 aliphatic heterocycles. The normalized spacial score (nSPS) is 20.6. The number of nitrogens with zero attached hydrogens (tertiary/aromatic N) is 3. The van der Waals surface area contributed by atoms with Gasteiger partial charge in [-0.3, -0.25) is 14.7 Å². The van der Waals surface area contributed by atoms with Gasteiger partial charge in [0.1, 0.15) is 19.0 Å². The average molecular weight is 444 g/mol. The summed E-state index contributed by atoms with van der Waals surface area (Å²) in [5.41, 5.74) is 3.35. The van der Waals surface area contributed by atoms with E-state index < -0.39 is 0 Å². The number of pyridine rings is 1. The number of benzene rings is 2. The molecule has 2 fully saturated rings. The molecule has 0 radical (unpaired) electrons. The summed E-state index contributed by atoms with van der Waals surface area (Å²) >= 11 is 0. The highest BCUT2D eigenvalue weighted by molar-refractivity contribution is 5.78. The number of carbonyl (C=O) groups excluding carboxylic acids is 1. The first-order valence-corrected chi connectivity index (χ1v) is 11.5. The maximum absolute atomic E-state index is 12.6. The van der Waals surface area contributed by atoms with Crippen molar-refractivity contribution in [1.82, 2.24) is 14.8 Å². The van der Waals surface area contributed by atoms with E-state index in [-0.39, 0.29) is 24.7 Å². The van der Waals surface area contributed by atoms with Crippen LogP contribution in [-0.2, 0) is 29.1 Å². The van der Waals surface area contributed by atoms with Crippen LogP contribution in [0.4, 0.5) is 0 Å². The lowest BCUT2D eigenvalue weighted by atomic mass is 10.1.